The Morgan fingerprint density at radius 2 is 1.66 bits per heavy atom. The number of carbonyl (C=O) groups excluding carboxylic acids is 3. The monoisotopic (exact) mass is 824 g/mol. The molecule has 15 atom stereocenters. The third-order valence-electron chi connectivity index (χ3n) is 11.9. The number of hydrogen-bond donors (Lipinski definition) is 6. The number of Topliss-reactive ketones (excluding diaryl/α,β-unsaturated/α-hetero) is 1. The molecule has 2 fully saturated rings. The van der Waals surface area contributed by atoms with Crippen molar-refractivity contribution in [1.82, 2.24) is 15.5 Å². The summed E-state index contributed by atoms with van der Waals surface area (Å²) in [6, 6.07) is 6.90. The van der Waals surface area contributed by atoms with Crippen molar-refractivity contribution in [3.63, 3.8) is 0 Å². The van der Waals surface area contributed by atoms with E-state index in [1.807, 2.05) is 50.2 Å². The van der Waals surface area contributed by atoms with E-state index in [0.717, 1.165) is 17.7 Å². The van der Waals surface area contributed by atoms with Crippen LogP contribution in [-0.2, 0) is 39.8 Å². The summed E-state index contributed by atoms with van der Waals surface area (Å²) >= 11 is 0. The minimum absolute atomic E-state index is 0.0329. The second kappa shape index (κ2) is 21.7. The average Bonchev–Trinajstić information content (AvgIpc) is 3.17. The lowest BCUT2D eigenvalue weighted by atomic mass is 9.79. The lowest BCUT2D eigenvalue weighted by Crippen LogP contribution is -2.60. The Bertz CT molecular complexity index is 1460. The Kier molecular flexibility index (Phi) is 18.6. The smallest absolute Gasteiger partial charge is 0.316 e. The summed E-state index contributed by atoms with van der Waals surface area (Å²) in [5.74, 6) is -4.57. The zero-order chi connectivity index (χ0) is 43.7. The lowest BCUT2D eigenvalue weighted by Gasteiger charge is -2.47. The van der Waals surface area contributed by atoms with Crippen LogP contribution in [0.2, 0.25) is 0 Å². The highest BCUT2D eigenvalue weighted by atomic mass is 16.7. The number of cyclic esters (lactones) is 1. The van der Waals surface area contributed by atoms with E-state index in [4.69, 9.17) is 23.7 Å². The molecule has 0 bridgehead atoms. The Balaban J connectivity index is 1.97. The van der Waals surface area contributed by atoms with Gasteiger partial charge in [0.15, 0.2) is 12.1 Å². The third-order valence-corrected chi connectivity index (χ3v) is 11.9. The van der Waals surface area contributed by atoms with E-state index in [1.54, 1.807) is 34.8 Å². The topological polar surface area (TPSA) is 206 Å². The van der Waals surface area contributed by atoms with Gasteiger partial charge in [0.25, 0.3) is 0 Å². The first-order valence-corrected chi connectivity index (χ1v) is 20.8. The van der Waals surface area contributed by atoms with Crippen LogP contribution < -0.4 is 15.4 Å². The fourth-order valence-corrected chi connectivity index (χ4v) is 8.32. The number of carbonyl (C=O) groups is 3. The van der Waals surface area contributed by atoms with Crippen molar-refractivity contribution in [2.24, 2.45) is 23.7 Å². The number of aliphatic hydroxyl groups excluding tert-OH is 3. The van der Waals surface area contributed by atoms with Crippen LogP contribution in [0, 0.1) is 23.7 Å². The maximum atomic E-state index is 14.4. The molecule has 1 unspecified atom stereocenters. The molecule has 15 heteroatoms. The Morgan fingerprint density at radius 1 is 1.02 bits per heavy atom. The van der Waals surface area contributed by atoms with Gasteiger partial charge in [0.1, 0.15) is 29.5 Å². The third kappa shape index (κ3) is 12.9. The predicted octanol–water partition coefficient (Wildman–Crippen LogP) is 2.23. The van der Waals surface area contributed by atoms with Crippen molar-refractivity contribution >= 4 is 17.7 Å². The number of nitrogens with zero attached hydrogens (tertiary/aromatic N) is 1. The van der Waals surface area contributed by atoms with E-state index >= 15 is 0 Å². The van der Waals surface area contributed by atoms with E-state index in [0.29, 0.717) is 13.0 Å². The molecule has 3 rings (SSSR count). The van der Waals surface area contributed by atoms with Crippen molar-refractivity contribution in [2.45, 2.75) is 154 Å². The van der Waals surface area contributed by atoms with Crippen LogP contribution in [0.4, 0.5) is 0 Å². The van der Waals surface area contributed by atoms with E-state index in [-0.39, 0.29) is 44.1 Å². The van der Waals surface area contributed by atoms with Gasteiger partial charge in [-0.1, -0.05) is 39.8 Å². The molecule has 0 aromatic heterocycles. The second-order valence-corrected chi connectivity index (χ2v) is 17.5. The largest absolute Gasteiger partial charge is 0.497 e. The number of aliphatic hydroxyl groups is 4. The minimum Gasteiger partial charge on any atom is -0.497 e. The summed E-state index contributed by atoms with van der Waals surface area (Å²) in [6.45, 7) is 15.5. The molecule has 0 saturated carbocycles. The fraction of sp³-hybridized carbons (Fsp3) is 0.791. The SMILES string of the molecule is CC[C@H]1OC(=O)[C@H](C)C(=O)[C@H](C)[C@@H](O[C@@H]2O[C@H](C)C[C@H](N(C)C)[C@H]2O)[C@](C)(OCC(O)CNC[C@@H](C)Cc2ccc(OC)cc2)C[C@@H](C)NC(=O)[C@H](C)[C@@H](O)[C@]1(C)O. The zero-order valence-corrected chi connectivity index (χ0v) is 36.8. The van der Waals surface area contributed by atoms with Crippen molar-refractivity contribution < 1.29 is 58.5 Å². The second-order valence-electron chi connectivity index (χ2n) is 17.5. The van der Waals surface area contributed by atoms with Crippen molar-refractivity contribution in [1.29, 1.82) is 0 Å². The first-order valence-electron chi connectivity index (χ1n) is 20.8. The molecule has 2 saturated heterocycles. The van der Waals surface area contributed by atoms with Crippen LogP contribution in [-0.4, -0.2) is 150 Å². The van der Waals surface area contributed by atoms with Crippen LogP contribution in [0.25, 0.3) is 0 Å². The highest BCUT2D eigenvalue weighted by molar-refractivity contribution is 6.00. The molecule has 15 nitrogen and oxygen atoms in total. The van der Waals surface area contributed by atoms with Crippen molar-refractivity contribution in [3.05, 3.63) is 29.8 Å². The molecule has 0 spiro atoms. The lowest BCUT2D eigenvalue weighted by molar-refractivity contribution is -0.298. The Morgan fingerprint density at radius 3 is 2.24 bits per heavy atom. The molecule has 6 N–H and O–H groups in total. The van der Waals surface area contributed by atoms with Crippen LogP contribution >= 0.6 is 0 Å². The van der Waals surface area contributed by atoms with E-state index < -0.39 is 89.5 Å². The number of rotatable bonds is 14. The molecule has 0 aliphatic carbocycles. The molecular weight excluding hydrogens is 750 g/mol. The van der Waals surface area contributed by atoms with E-state index in [9.17, 15) is 34.8 Å². The molecule has 2 aliphatic rings. The van der Waals surface area contributed by atoms with Gasteiger partial charge in [-0.2, -0.15) is 0 Å². The van der Waals surface area contributed by atoms with Crippen molar-refractivity contribution in [2.75, 3.05) is 40.9 Å². The number of likely N-dealkylation sites (N-methyl/N-ethyl adjacent to an activating group) is 1. The number of benzene rings is 1. The predicted molar refractivity (Wildman–Crippen MR) is 218 cm³/mol. The molecule has 58 heavy (non-hydrogen) atoms. The van der Waals surface area contributed by atoms with E-state index in [2.05, 4.69) is 17.6 Å². The summed E-state index contributed by atoms with van der Waals surface area (Å²) in [5.41, 5.74) is -2.33. The summed E-state index contributed by atoms with van der Waals surface area (Å²) in [5, 5.41) is 51.7. The molecule has 0 radical (unpaired) electrons. The van der Waals surface area contributed by atoms with Crippen LogP contribution in [0.5, 0.6) is 5.75 Å². The molecule has 1 aromatic carbocycles. The number of methoxy groups -OCH3 is 1. The zero-order valence-electron chi connectivity index (χ0n) is 36.8. The van der Waals surface area contributed by atoms with Crippen LogP contribution in [0.15, 0.2) is 24.3 Å². The first-order chi connectivity index (χ1) is 27.1. The summed E-state index contributed by atoms with van der Waals surface area (Å²) in [7, 11) is 5.32. The number of hydrogen-bond acceptors (Lipinski definition) is 14. The summed E-state index contributed by atoms with van der Waals surface area (Å²) < 4.78 is 30.4. The Labute approximate surface area is 345 Å². The highest BCUT2D eigenvalue weighted by Crippen LogP contribution is 2.36. The minimum atomic E-state index is -2.03. The molecule has 1 aromatic rings. The van der Waals surface area contributed by atoms with Gasteiger partial charge in [0.05, 0.1) is 49.7 Å². The van der Waals surface area contributed by atoms with Crippen LogP contribution in [0.3, 0.4) is 0 Å². The van der Waals surface area contributed by atoms with Gasteiger partial charge in [0.2, 0.25) is 5.91 Å². The first kappa shape index (κ1) is 49.6. The maximum absolute atomic E-state index is 14.4. The van der Waals surface area contributed by atoms with Crippen LogP contribution in [0.1, 0.15) is 87.1 Å². The number of nitrogens with one attached hydrogen (secondary N) is 2. The van der Waals surface area contributed by atoms with Gasteiger partial charge in [-0.3, -0.25) is 14.4 Å². The number of ether oxygens (including phenoxy) is 5. The highest BCUT2D eigenvalue weighted by Gasteiger charge is 2.51. The van der Waals surface area contributed by atoms with Gasteiger partial charge >= 0.3 is 5.97 Å². The molecule has 2 aliphatic heterocycles. The quantitative estimate of drug-likeness (QED) is 0.118. The van der Waals surface area contributed by atoms with Crippen molar-refractivity contribution in [3.8, 4) is 5.75 Å². The van der Waals surface area contributed by atoms with Gasteiger partial charge in [-0.05, 0) is 105 Å². The Hall–Kier alpha value is -2.73. The number of esters is 1. The molecule has 332 valence electrons. The standard InChI is InChI=1S/C43H73N3O12/c1-13-34-43(9,53)37(50)29(7)39(51)45-25(3)20-42(8,55-23-31(47)22-44-21-24(2)18-30-14-16-32(54-12)17-15-30)38(27(5)35(48)28(6)40(52)57-34)58-41-36(49)33(46(10)11)19-26(4)56-41/h14-17,24-29,31,33-34,36-38,41,44,47,49-50,53H,13,18-23H2,1-12H3,(H,45,51)/t24-,25+,26+,27-,28+,29+,31?,33-,34+,36+,37+,38+,41-,42+,43+/m0/s1. The fourth-order valence-electron chi connectivity index (χ4n) is 8.32. The van der Waals surface area contributed by atoms with Gasteiger partial charge < -0.3 is 59.6 Å². The number of ketones is 1. The summed E-state index contributed by atoms with van der Waals surface area (Å²) in [4.78, 5) is 43.5. The molecular formula is C43H73N3O12. The van der Waals surface area contributed by atoms with Gasteiger partial charge in [0, 0.05) is 24.5 Å². The molecule has 1 amide bonds. The maximum Gasteiger partial charge on any atom is 0.316 e. The molecule has 2 heterocycles. The average molecular weight is 824 g/mol. The van der Waals surface area contributed by atoms with Gasteiger partial charge in [-0.25, -0.2) is 0 Å². The summed E-state index contributed by atoms with van der Waals surface area (Å²) in [6.07, 6.45) is -6.25. The van der Waals surface area contributed by atoms with Gasteiger partial charge in [-0.15, -0.1) is 0 Å². The van der Waals surface area contributed by atoms with E-state index in [1.165, 1.54) is 20.8 Å². The normalized spacial score (nSPS) is 37.0. The number of amides is 1.